The minimum Gasteiger partial charge on any atom is -0.463 e. The second-order valence-corrected chi connectivity index (χ2v) is 9.42. The molecule has 1 saturated heterocycles. The molecule has 0 aliphatic carbocycles. The van der Waals surface area contributed by atoms with Crippen molar-refractivity contribution in [1.29, 1.82) is 0 Å². The molecule has 3 rings (SSSR count). The van der Waals surface area contributed by atoms with E-state index in [1.807, 2.05) is 0 Å². The van der Waals surface area contributed by atoms with Crippen LogP contribution in [0.5, 0.6) is 0 Å². The molecule has 0 saturated carbocycles. The van der Waals surface area contributed by atoms with E-state index in [0.717, 1.165) is 5.56 Å². The van der Waals surface area contributed by atoms with Gasteiger partial charge in [-0.15, -0.1) is 0 Å². The van der Waals surface area contributed by atoms with Crippen LogP contribution in [0, 0.1) is 0 Å². The third kappa shape index (κ3) is 12.0. The molecule has 4 N–H and O–H groups in total. The lowest BCUT2D eigenvalue weighted by Gasteiger charge is -2.12. The van der Waals surface area contributed by atoms with Crippen molar-refractivity contribution >= 4 is 64.8 Å². The Morgan fingerprint density at radius 2 is 1.61 bits per heavy atom. The Labute approximate surface area is 240 Å². The van der Waals surface area contributed by atoms with Crippen LogP contribution in [0.2, 0.25) is 20.1 Å². The fourth-order valence-electron chi connectivity index (χ4n) is 3.15. The molecule has 0 spiro atoms. The quantitative estimate of drug-likeness (QED) is 0.169. The molecule has 38 heavy (non-hydrogen) atoms. The number of halogens is 4. The zero-order chi connectivity index (χ0) is 27.2. The monoisotopic (exact) mass is 608 g/mol. The molecule has 1 fully saturated rings. The van der Waals surface area contributed by atoms with E-state index in [4.69, 9.17) is 55.9 Å². The number of rotatable bonds is 11. The van der Waals surface area contributed by atoms with Gasteiger partial charge in [0.15, 0.2) is 0 Å². The van der Waals surface area contributed by atoms with Gasteiger partial charge in [-0.25, -0.2) is 0 Å². The number of nitrogens with one attached hydrogen (secondary N) is 2. The Kier molecular flexibility index (Phi) is 16.0. The van der Waals surface area contributed by atoms with Crippen molar-refractivity contribution in [2.75, 3.05) is 19.7 Å². The van der Waals surface area contributed by atoms with Crippen molar-refractivity contribution in [2.24, 2.45) is 0 Å². The van der Waals surface area contributed by atoms with Crippen molar-refractivity contribution in [3.8, 4) is 0 Å². The van der Waals surface area contributed by atoms with Crippen LogP contribution in [-0.4, -0.2) is 55.7 Å². The third-order valence-electron chi connectivity index (χ3n) is 5.02. The molecule has 1 aliphatic heterocycles. The third-order valence-corrected chi connectivity index (χ3v) is 6.19. The molecular formula is C25H28Cl4N2O7. The molecule has 208 valence electrons. The number of carbonyl (C=O) groups excluding carboxylic acids is 3. The number of carbonyl (C=O) groups is 3. The van der Waals surface area contributed by atoms with E-state index >= 15 is 0 Å². The second-order valence-electron chi connectivity index (χ2n) is 7.73. The molecule has 2 aromatic rings. The highest BCUT2D eigenvalue weighted by molar-refractivity contribution is 6.35. The Bertz CT molecular complexity index is 1090. The molecule has 2 aromatic carbocycles. The van der Waals surface area contributed by atoms with Gasteiger partial charge in [-0.1, -0.05) is 71.2 Å². The molecule has 2 unspecified atom stereocenters. The van der Waals surface area contributed by atoms with Gasteiger partial charge in [0.25, 0.3) is 6.47 Å². The van der Waals surface area contributed by atoms with Crippen LogP contribution in [0.15, 0.2) is 49.1 Å². The van der Waals surface area contributed by atoms with Gasteiger partial charge < -0.3 is 30.3 Å². The highest BCUT2D eigenvalue weighted by atomic mass is 35.5. The molecule has 0 aromatic heterocycles. The zero-order valence-electron chi connectivity index (χ0n) is 20.2. The van der Waals surface area contributed by atoms with Gasteiger partial charge in [0.2, 0.25) is 0 Å². The van der Waals surface area contributed by atoms with Crippen molar-refractivity contribution in [3.05, 3.63) is 80.3 Å². The summed E-state index contributed by atoms with van der Waals surface area (Å²) in [5.41, 5.74) is 1.44. The SMILES string of the molecule is C=CCOC(=O)CNC1CNC(C(=O)OCc2ccc(Cl)cc2Cl)C1.O.O=COCc1ccc(Cl)cc1Cl. The second kappa shape index (κ2) is 18.0. The van der Waals surface area contributed by atoms with Crippen LogP contribution in [0.4, 0.5) is 0 Å². The first-order valence-corrected chi connectivity index (χ1v) is 12.6. The van der Waals surface area contributed by atoms with E-state index in [9.17, 15) is 14.4 Å². The number of benzene rings is 2. The van der Waals surface area contributed by atoms with Gasteiger partial charge in [0, 0.05) is 43.8 Å². The van der Waals surface area contributed by atoms with Crippen LogP contribution in [-0.2, 0) is 41.8 Å². The summed E-state index contributed by atoms with van der Waals surface area (Å²) >= 11 is 23.3. The summed E-state index contributed by atoms with van der Waals surface area (Å²) in [6.45, 7) is 4.95. The zero-order valence-corrected chi connectivity index (χ0v) is 23.2. The van der Waals surface area contributed by atoms with E-state index < -0.39 is 6.04 Å². The predicted octanol–water partition coefficient (Wildman–Crippen LogP) is 3.93. The van der Waals surface area contributed by atoms with Gasteiger partial charge in [-0.05, 0) is 30.7 Å². The van der Waals surface area contributed by atoms with E-state index in [1.54, 1.807) is 36.4 Å². The highest BCUT2D eigenvalue weighted by Gasteiger charge is 2.30. The van der Waals surface area contributed by atoms with E-state index in [0.29, 0.717) is 45.1 Å². The van der Waals surface area contributed by atoms with Gasteiger partial charge >= 0.3 is 11.9 Å². The lowest BCUT2D eigenvalue weighted by Crippen LogP contribution is -2.35. The van der Waals surface area contributed by atoms with Gasteiger partial charge in [-0.3, -0.25) is 14.4 Å². The normalized spacial score (nSPS) is 15.8. The van der Waals surface area contributed by atoms with E-state index in [1.165, 1.54) is 6.08 Å². The van der Waals surface area contributed by atoms with Crippen LogP contribution in [0.25, 0.3) is 0 Å². The number of hydrogen-bond donors (Lipinski definition) is 2. The van der Waals surface area contributed by atoms with Crippen molar-refractivity contribution in [1.82, 2.24) is 10.6 Å². The Hall–Kier alpha value is -2.37. The Morgan fingerprint density at radius 1 is 1.00 bits per heavy atom. The summed E-state index contributed by atoms with van der Waals surface area (Å²) in [7, 11) is 0. The molecule has 1 heterocycles. The summed E-state index contributed by atoms with van der Waals surface area (Å²) in [5.74, 6) is -0.715. The largest absolute Gasteiger partial charge is 0.463 e. The lowest BCUT2D eigenvalue weighted by molar-refractivity contribution is -0.147. The first-order chi connectivity index (χ1) is 17.7. The van der Waals surface area contributed by atoms with Crippen LogP contribution in [0.1, 0.15) is 17.5 Å². The standard InChI is InChI=1S/C17H20Cl2N2O4.C8H6Cl2O2.H2O/c1-2-5-24-16(22)9-20-13-7-15(21-8-13)17(23)25-10-11-3-4-12(18)6-14(11)19;9-7-2-1-6(4-12-5-11)8(10)3-7;/h2-4,6,13,15,20-21H,1,5,7-10H2;1-3,5H,4H2;1H2. The van der Waals surface area contributed by atoms with Crippen molar-refractivity contribution in [2.45, 2.75) is 31.7 Å². The molecule has 0 bridgehead atoms. The number of esters is 2. The number of ether oxygens (including phenoxy) is 3. The van der Waals surface area contributed by atoms with Crippen LogP contribution in [0.3, 0.4) is 0 Å². The lowest BCUT2D eigenvalue weighted by atomic mass is 10.1. The topological polar surface area (TPSA) is 134 Å². The van der Waals surface area contributed by atoms with Crippen LogP contribution >= 0.6 is 46.4 Å². The summed E-state index contributed by atoms with van der Waals surface area (Å²) in [6, 6.07) is 9.60. The molecule has 13 heteroatoms. The Balaban J connectivity index is 0.000000468. The van der Waals surface area contributed by atoms with Crippen molar-refractivity contribution in [3.63, 3.8) is 0 Å². The summed E-state index contributed by atoms with van der Waals surface area (Å²) in [5, 5.41) is 8.17. The average molecular weight is 610 g/mol. The molecule has 2 atom stereocenters. The smallest absolute Gasteiger partial charge is 0.323 e. The maximum Gasteiger partial charge on any atom is 0.323 e. The molecule has 1 aliphatic rings. The molecule has 0 amide bonds. The molecule has 0 radical (unpaired) electrons. The van der Waals surface area contributed by atoms with Crippen LogP contribution < -0.4 is 10.6 Å². The first-order valence-electron chi connectivity index (χ1n) is 11.1. The van der Waals surface area contributed by atoms with Crippen molar-refractivity contribution < 1.29 is 34.1 Å². The summed E-state index contributed by atoms with van der Waals surface area (Å²) in [6.07, 6.45) is 2.04. The summed E-state index contributed by atoms with van der Waals surface area (Å²) < 4.78 is 14.7. The average Bonchev–Trinajstić information content (AvgIpc) is 3.35. The number of hydrogen-bond acceptors (Lipinski definition) is 8. The van der Waals surface area contributed by atoms with E-state index in [-0.39, 0.29) is 49.8 Å². The fraction of sp³-hybridized carbons (Fsp3) is 0.320. The van der Waals surface area contributed by atoms with Gasteiger partial charge in [0.1, 0.15) is 25.9 Å². The predicted molar refractivity (Wildman–Crippen MR) is 147 cm³/mol. The highest BCUT2D eigenvalue weighted by Crippen LogP contribution is 2.22. The Morgan fingerprint density at radius 3 is 2.16 bits per heavy atom. The van der Waals surface area contributed by atoms with Gasteiger partial charge in [0.05, 0.1) is 6.54 Å². The fourth-order valence-corrected chi connectivity index (χ4v) is 4.08. The molecule has 9 nitrogen and oxygen atoms in total. The maximum atomic E-state index is 12.1. The minimum absolute atomic E-state index is 0. The maximum absolute atomic E-state index is 12.1. The molecular weight excluding hydrogens is 582 g/mol. The van der Waals surface area contributed by atoms with E-state index in [2.05, 4.69) is 21.9 Å². The minimum atomic E-state index is -0.423. The first kappa shape index (κ1) is 33.7. The summed E-state index contributed by atoms with van der Waals surface area (Å²) in [4.78, 5) is 33.4. The van der Waals surface area contributed by atoms with Gasteiger partial charge in [-0.2, -0.15) is 0 Å².